The number of benzene rings is 2. The number of nitrogens with zero attached hydrogens (tertiary/aromatic N) is 1. The zero-order chi connectivity index (χ0) is 23.1. The molecule has 0 bridgehead atoms. The molecule has 1 saturated heterocycles. The Labute approximate surface area is 189 Å². The summed E-state index contributed by atoms with van der Waals surface area (Å²) in [6.07, 6.45) is 0.0548. The molecule has 3 rings (SSSR count). The number of amides is 1. The normalized spacial score (nSPS) is 19.8. The van der Waals surface area contributed by atoms with Crippen LogP contribution in [0.3, 0.4) is 0 Å². The van der Waals surface area contributed by atoms with Gasteiger partial charge in [-0.05, 0) is 38.3 Å². The number of ether oxygens (including phenoxy) is 2. The van der Waals surface area contributed by atoms with Gasteiger partial charge in [-0.3, -0.25) is 9.69 Å². The van der Waals surface area contributed by atoms with E-state index in [4.69, 9.17) is 9.47 Å². The molecule has 4 atom stereocenters. The highest BCUT2D eigenvalue weighted by Crippen LogP contribution is 2.45. The molecule has 1 amide bonds. The summed E-state index contributed by atoms with van der Waals surface area (Å²) in [4.78, 5) is 27.2. The van der Waals surface area contributed by atoms with Crippen molar-refractivity contribution in [2.75, 3.05) is 6.61 Å². The molecule has 0 aliphatic carbocycles. The monoisotopic (exact) mass is 437 g/mol. The first kappa shape index (κ1) is 23.5. The van der Waals surface area contributed by atoms with E-state index < -0.39 is 36.4 Å². The van der Waals surface area contributed by atoms with Gasteiger partial charge in [-0.15, -0.1) is 0 Å². The minimum atomic E-state index is -0.806. The fraction of sp³-hybridized carbons (Fsp3) is 0.385. The first-order valence-electron chi connectivity index (χ1n) is 11.0. The number of hydrogen-bond donors (Lipinski definition) is 1. The Balaban J connectivity index is 2.01. The second kappa shape index (κ2) is 11.0. The van der Waals surface area contributed by atoms with Crippen molar-refractivity contribution >= 4 is 12.1 Å². The topological polar surface area (TPSA) is 76.1 Å². The molecular weight excluding hydrogens is 406 g/mol. The van der Waals surface area contributed by atoms with Gasteiger partial charge in [-0.25, -0.2) is 4.79 Å². The van der Waals surface area contributed by atoms with Crippen LogP contribution in [-0.4, -0.2) is 40.8 Å². The van der Waals surface area contributed by atoms with Gasteiger partial charge in [0.15, 0.2) is 6.10 Å². The molecule has 6 nitrogen and oxygen atoms in total. The summed E-state index contributed by atoms with van der Waals surface area (Å²) in [5, 5.41) is 10.6. The van der Waals surface area contributed by atoms with Crippen LogP contribution in [0.5, 0.6) is 0 Å². The maximum Gasteiger partial charge on any atom is 0.411 e. The standard InChI is InChI=1S/C26H31NO5/c1-4-31-23(29)17-21(16-22(28)15-18(2)3)27-24(19-11-7-5-8-12-19)25(32-26(27)30)20-13-9-6-10-14-20/h5-15,21-22,24-25,28H,4,16-17H2,1-3H3/t21-,22+,24+,25-/m1/s1. The second-order valence-corrected chi connectivity index (χ2v) is 8.19. The van der Waals surface area contributed by atoms with Crippen LogP contribution in [0.25, 0.3) is 0 Å². The molecule has 0 saturated carbocycles. The van der Waals surface area contributed by atoms with Crippen molar-refractivity contribution in [3.05, 3.63) is 83.4 Å². The highest BCUT2D eigenvalue weighted by molar-refractivity contribution is 5.75. The Hall–Kier alpha value is -3.12. The largest absolute Gasteiger partial charge is 0.466 e. The maximum atomic E-state index is 13.2. The van der Waals surface area contributed by atoms with E-state index in [9.17, 15) is 14.7 Å². The fourth-order valence-electron chi connectivity index (χ4n) is 4.19. The number of esters is 1. The van der Waals surface area contributed by atoms with Gasteiger partial charge in [0.05, 0.1) is 19.1 Å². The molecule has 2 aromatic carbocycles. The molecule has 1 aliphatic heterocycles. The molecule has 0 aromatic heterocycles. The van der Waals surface area contributed by atoms with Gasteiger partial charge >= 0.3 is 12.1 Å². The third-order valence-corrected chi connectivity index (χ3v) is 5.43. The van der Waals surface area contributed by atoms with Crippen LogP contribution in [0.4, 0.5) is 4.79 Å². The van der Waals surface area contributed by atoms with Gasteiger partial charge in [0.25, 0.3) is 0 Å². The number of cyclic esters (lactones) is 1. The summed E-state index contributed by atoms with van der Waals surface area (Å²) in [6.45, 7) is 5.78. The van der Waals surface area contributed by atoms with Crippen molar-refractivity contribution < 1.29 is 24.2 Å². The molecule has 1 heterocycles. The van der Waals surface area contributed by atoms with E-state index in [1.165, 1.54) is 0 Å². The van der Waals surface area contributed by atoms with Gasteiger partial charge in [0.1, 0.15) is 6.04 Å². The van der Waals surface area contributed by atoms with E-state index in [2.05, 4.69) is 0 Å². The first-order valence-corrected chi connectivity index (χ1v) is 11.0. The average molecular weight is 438 g/mol. The van der Waals surface area contributed by atoms with Gasteiger partial charge in [0.2, 0.25) is 0 Å². The van der Waals surface area contributed by atoms with Gasteiger partial charge < -0.3 is 14.6 Å². The summed E-state index contributed by atoms with van der Waals surface area (Å²) in [7, 11) is 0. The Morgan fingerprint density at radius 2 is 1.69 bits per heavy atom. The SMILES string of the molecule is CCOC(=O)C[C@@H](C[C@@H](O)C=C(C)C)N1C(=O)O[C@H](c2ccccc2)[C@@H]1c1ccccc1. The summed E-state index contributed by atoms with van der Waals surface area (Å²) >= 11 is 0. The first-order chi connectivity index (χ1) is 15.4. The van der Waals surface area contributed by atoms with E-state index >= 15 is 0 Å². The van der Waals surface area contributed by atoms with Gasteiger partial charge in [-0.2, -0.15) is 0 Å². The minimum Gasteiger partial charge on any atom is -0.466 e. The maximum absolute atomic E-state index is 13.2. The van der Waals surface area contributed by atoms with E-state index in [-0.39, 0.29) is 19.4 Å². The number of carbonyl (C=O) groups is 2. The molecule has 2 aromatic rings. The van der Waals surface area contributed by atoms with Crippen LogP contribution >= 0.6 is 0 Å². The minimum absolute atomic E-state index is 0.0263. The lowest BCUT2D eigenvalue weighted by Crippen LogP contribution is -2.41. The molecular formula is C26H31NO5. The predicted molar refractivity (Wildman–Crippen MR) is 122 cm³/mol. The molecule has 1 aliphatic rings. The van der Waals surface area contributed by atoms with Gasteiger partial charge in [-0.1, -0.05) is 72.3 Å². The van der Waals surface area contributed by atoms with Crippen molar-refractivity contribution in [1.82, 2.24) is 4.90 Å². The highest BCUT2D eigenvalue weighted by Gasteiger charge is 2.47. The number of rotatable bonds is 9. The van der Waals surface area contributed by atoms with Crippen LogP contribution < -0.4 is 0 Å². The summed E-state index contributed by atoms with van der Waals surface area (Å²) in [5.74, 6) is -0.412. The molecule has 170 valence electrons. The second-order valence-electron chi connectivity index (χ2n) is 8.19. The van der Waals surface area contributed by atoms with Crippen LogP contribution in [0, 0.1) is 0 Å². The van der Waals surface area contributed by atoms with Crippen molar-refractivity contribution in [1.29, 1.82) is 0 Å². The molecule has 0 spiro atoms. The number of aliphatic hydroxyl groups is 1. The lowest BCUT2D eigenvalue weighted by molar-refractivity contribution is -0.144. The summed E-state index contributed by atoms with van der Waals surface area (Å²) in [5.41, 5.74) is 2.73. The van der Waals surface area contributed by atoms with E-state index in [0.29, 0.717) is 0 Å². The lowest BCUT2D eigenvalue weighted by Gasteiger charge is -2.33. The van der Waals surface area contributed by atoms with Crippen LogP contribution in [0.1, 0.15) is 56.9 Å². The molecule has 1 N–H and O–H groups in total. The highest BCUT2D eigenvalue weighted by atomic mass is 16.6. The van der Waals surface area contributed by atoms with Crippen LogP contribution in [0.15, 0.2) is 72.3 Å². The fourth-order valence-corrected chi connectivity index (χ4v) is 4.19. The molecule has 6 heteroatoms. The quantitative estimate of drug-likeness (QED) is 0.443. The Morgan fingerprint density at radius 1 is 1.09 bits per heavy atom. The van der Waals surface area contributed by atoms with E-state index in [1.54, 1.807) is 17.9 Å². The molecule has 1 fully saturated rings. The zero-order valence-corrected chi connectivity index (χ0v) is 18.8. The Morgan fingerprint density at radius 3 is 2.25 bits per heavy atom. The van der Waals surface area contributed by atoms with Crippen LogP contribution in [-0.2, 0) is 14.3 Å². The average Bonchev–Trinajstić information content (AvgIpc) is 3.11. The van der Waals surface area contributed by atoms with Crippen molar-refractivity contribution in [2.45, 2.75) is 57.9 Å². The summed E-state index contributed by atoms with van der Waals surface area (Å²) < 4.78 is 11.0. The third kappa shape index (κ3) is 5.77. The zero-order valence-electron chi connectivity index (χ0n) is 18.8. The van der Waals surface area contributed by atoms with Crippen molar-refractivity contribution in [2.24, 2.45) is 0 Å². The molecule has 0 unspecified atom stereocenters. The van der Waals surface area contributed by atoms with Gasteiger partial charge in [0, 0.05) is 6.04 Å². The van der Waals surface area contributed by atoms with Crippen LogP contribution in [0.2, 0.25) is 0 Å². The van der Waals surface area contributed by atoms with Crippen molar-refractivity contribution in [3.63, 3.8) is 0 Å². The molecule has 32 heavy (non-hydrogen) atoms. The number of aliphatic hydroxyl groups excluding tert-OH is 1. The number of hydrogen-bond acceptors (Lipinski definition) is 5. The van der Waals surface area contributed by atoms with Crippen molar-refractivity contribution in [3.8, 4) is 0 Å². The number of carbonyl (C=O) groups excluding carboxylic acids is 2. The smallest absolute Gasteiger partial charge is 0.411 e. The number of allylic oxidation sites excluding steroid dienone is 1. The third-order valence-electron chi connectivity index (χ3n) is 5.43. The van der Waals surface area contributed by atoms with E-state index in [0.717, 1.165) is 16.7 Å². The predicted octanol–water partition coefficient (Wildman–Crippen LogP) is 4.96. The Bertz CT molecular complexity index is 924. The van der Waals surface area contributed by atoms with E-state index in [1.807, 2.05) is 74.5 Å². The lowest BCUT2D eigenvalue weighted by atomic mass is 9.92. The summed E-state index contributed by atoms with van der Waals surface area (Å²) in [6, 6.07) is 18.2. The molecule has 0 radical (unpaired) electrons. The Kier molecular flexibility index (Phi) is 8.06.